The van der Waals surface area contributed by atoms with Crippen molar-refractivity contribution in [2.75, 3.05) is 0 Å². The van der Waals surface area contributed by atoms with Gasteiger partial charge in [-0.05, 0) is 24.9 Å². The van der Waals surface area contributed by atoms with Crippen LogP contribution in [0.4, 0.5) is 10.1 Å². The average Bonchev–Trinajstić information content (AvgIpc) is 2.04. The molecular weight excluding hydrogens is 141 g/mol. The molecule has 0 amide bonds. The molecule has 0 bridgehead atoms. The first kappa shape index (κ1) is 7.66. The Kier molecular flexibility index (Phi) is 2.16. The van der Waals surface area contributed by atoms with Crippen LogP contribution in [0.1, 0.15) is 5.56 Å². The first-order valence-electron chi connectivity index (χ1n) is 3.16. The molecule has 0 saturated heterocycles. The van der Waals surface area contributed by atoms with E-state index >= 15 is 0 Å². The highest BCUT2D eigenvalue weighted by Crippen LogP contribution is 2.20. The zero-order valence-electron chi connectivity index (χ0n) is 6.05. The SMILES string of the molecule is C=Cc1cc(F)ccc1N=C. The summed E-state index contributed by atoms with van der Waals surface area (Å²) >= 11 is 0. The quantitative estimate of drug-likeness (QED) is 0.573. The van der Waals surface area contributed by atoms with Crippen molar-refractivity contribution in [3.8, 4) is 0 Å². The summed E-state index contributed by atoms with van der Waals surface area (Å²) in [6.07, 6.45) is 1.55. The van der Waals surface area contributed by atoms with Gasteiger partial charge in [-0.15, -0.1) is 0 Å². The Labute approximate surface area is 64.9 Å². The standard InChI is InChI=1S/C9H8FN/c1-3-7-6-8(10)4-5-9(7)11-2/h3-6H,1-2H2. The molecule has 0 radical (unpaired) electrons. The minimum Gasteiger partial charge on any atom is -0.264 e. The molecule has 0 saturated carbocycles. The Morgan fingerprint density at radius 3 is 2.73 bits per heavy atom. The average molecular weight is 149 g/mol. The van der Waals surface area contributed by atoms with Gasteiger partial charge in [-0.25, -0.2) is 4.39 Å². The van der Waals surface area contributed by atoms with Crippen LogP contribution in [0.15, 0.2) is 29.8 Å². The molecule has 2 heteroatoms. The highest BCUT2D eigenvalue weighted by Gasteiger charge is 1.96. The number of benzene rings is 1. The molecule has 1 aromatic rings. The summed E-state index contributed by atoms with van der Waals surface area (Å²) in [6, 6.07) is 4.29. The smallest absolute Gasteiger partial charge is 0.123 e. The van der Waals surface area contributed by atoms with Crippen molar-refractivity contribution in [1.29, 1.82) is 0 Å². The van der Waals surface area contributed by atoms with E-state index in [1.54, 1.807) is 12.1 Å². The molecule has 0 atom stereocenters. The van der Waals surface area contributed by atoms with Gasteiger partial charge in [0.1, 0.15) is 5.82 Å². The summed E-state index contributed by atoms with van der Waals surface area (Å²) in [4.78, 5) is 3.69. The van der Waals surface area contributed by atoms with Gasteiger partial charge in [0.25, 0.3) is 0 Å². The fourth-order valence-electron chi connectivity index (χ4n) is 0.833. The third-order valence-corrected chi connectivity index (χ3v) is 1.38. The van der Waals surface area contributed by atoms with Gasteiger partial charge in [-0.1, -0.05) is 12.7 Å². The van der Waals surface area contributed by atoms with Crippen LogP contribution in [0.25, 0.3) is 6.08 Å². The van der Waals surface area contributed by atoms with E-state index in [4.69, 9.17) is 0 Å². The fraction of sp³-hybridized carbons (Fsp3) is 0. The van der Waals surface area contributed by atoms with Gasteiger partial charge in [0.05, 0.1) is 5.69 Å². The van der Waals surface area contributed by atoms with Gasteiger partial charge < -0.3 is 0 Å². The Balaban J connectivity index is 3.26. The van der Waals surface area contributed by atoms with E-state index in [-0.39, 0.29) is 5.82 Å². The van der Waals surface area contributed by atoms with Gasteiger partial charge >= 0.3 is 0 Å². The van der Waals surface area contributed by atoms with Crippen molar-refractivity contribution in [2.45, 2.75) is 0 Å². The maximum absolute atomic E-state index is 12.6. The van der Waals surface area contributed by atoms with Gasteiger partial charge in [0.15, 0.2) is 0 Å². The van der Waals surface area contributed by atoms with Crippen LogP contribution in [-0.2, 0) is 0 Å². The largest absolute Gasteiger partial charge is 0.264 e. The number of rotatable bonds is 2. The molecular formula is C9H8FN. The van der Waals surface area contributed by atoms with E-state index in [2.05, 4.69) is 18.3 Å². The van der Waals surface area contributed by atoms with Gasteiger partial charge in [-0.3, -0.25) is 4.99 Å². The molecule has 0 spiro atoms. The summed E-state index contributed by atoms with van der Waals surface area (Å²) in [6.45, 7) is 6.88. The zero-order valence-corrected chi connectivity index (χ0v) is 6.05. The lowest BCUT2D eigenvalue weighted by atomic mass is 10.2. The highest BCUT2D eigenvalue weighted by atomic mass is 19.1. The molecule has 11 heavy (non-hydrogen) atoms. The summed E-state index contributed by atoms with van der Waals surface area (Å²) in [7, 11) is 0. The Hall–Kier alpha value is -1.44. The summed E-state index contributed by atoms with van der Waals surface area (Å²) in [5.74, 6) is -0.285. The third-order valence-electron chi connectivity index (χ3n) is 1.38. The van der Waals surface area contributed by atoms with Crippen molar-refractivity contribution in [3.63, 3.8) is 0 Å². The molecule has 0 unspecified atom stereocenters. The molecule has 0 N–H and O–H groups in total. The van der Waals surface area contributed by atoms with Crippen molar-refractivity contribution in [1.82, 2.24) is 0 Å². The summed E-state index contributed by atoms with van der Waals surface area (Å²) in [5.41, 5.74) is 1.32. The van der Waals surface area contributed by atoms with Crippen LogP contribution in [0.3, 0.4) is 0 Å². The van der Waals surface area contributed by atoms with Crippen LogP contribution in [0.2, 0.25) is 0 Å². The number of hydrogen-bond acceptors (Lipinski definition) is 1. The van der Waals surface area contributed by atoms with Crippen LogP contribution in [-0.4, -0.2) is 6.72 Å². The molecule has 1 nitrogen and oxygen atoms in total. The molecule has 1 aromatic carbocycles. The monoisotopic (exact) mass is 149 g/mol. The van der Waals surface area contributed by atoms with E-state index in [0.717, 1.165) is 0 Å². The topological polar surface area (TPSA) is 12.4 Å². The molecule has 0 heterocycles. The Morgan fingerprint density at radius 2 is 2.18 bits per heavy atom. The number of aliphatic imine (C=N–C) groups is 1. The molecule has 0 aliphatic carbocycles. The minimum absolute atomic E-state index is 0.285. The van der Waals surface area contributed by atoms with Gasteiger partial charge in [0.2, 0.25) is 0 Å². The number of halogens is 1. The Morgan fingerprint density at radius 1 is 1.45 bits per heavy atom. The lowest BCUT2D eigenvalue weighted by molar-refractivity contribution is 0.627. The second-order valence-electron chi connectivity index (χ2n) is 2.07. The van der Waals surface area contributed by atoms with Crippen molar-refractivity contribution in [3.05, 3.63) is 36.2 Å². The third kappa shape index (κ3) is 1.52. The fourth-order valence-corrected chi connectivity index (χ4v) is 0.833. The number of nitrogens with zero attached hydrogens (tertiary/aromatic N) is 1. The molecule has 0 aliphatic rings. The van der Waals surface area contributed by atoms with Crippen LogP contribution >= 0.6 is 0 Å². The first-order chi connectivity index (χ1) is 5.27. The van der Waals surface area contributed by atoms with E-state index < -0.39 is 0 Å². The van der Waals surface area contributed by atoms with E-state index in [1.807, 2.05) is 0 Å². The normalized spacial score (nSPS) is 9.18. The summed E-state index contributed by atoms with van der Waals surface area (Å²) in [5, 5.41) is 0. The van der Waals surface area contributed by atoms with Gasteiger partial charge in [0, 0.05) is 5.56 Å². The number of hydrogen-bond donors (Lipinski definition) is 0. The zero-order chi connectivity index (χ0) is 8.27. The van der Waals surface area contributed by atoms with Crippen LogP contribution in [0, 0.1) is 5.82 Å². The van der Waals surface area contributed by atoms with E-state index in [9.17, 15) is 4.39 Å². The lowest BCUT2D eigenvalue weighted by Crippen LogP contribution is -1.77. The predicted molar refractivity (Wildman–Crippen MR) is 45.7 cm³/mol. The van der Waals surface area contributed by atoms with Crippen LogP contribution < -0.4 is 0 Å². The van der Waals surface area contributed by atoms with Gasteiger partial charge in [-0.2, -0.15) is 0 Å². The lowest BCUT2D eigenvalue weighted by Gasteiger charge is -1.97. The Bertz CT molecular complexity index is 292. The summed E-state index contributed by atoms with van der Waals surface area (Å²) < 4.78 is 12.6. The van der Waals surface area contributed by atoms with Crippen LogP contribution in [0.5, 0.6) is 0 Å². The van der Waals surface area contributed by atoms with E-state index in [0.29, 0.717) is 11.3 Å². The molecule has 0 fully saturated rings. The van der Waals surface area contributed by atoms with Crippen molar-refractivity contribution >= 4 is 18.5 Å². The molecule has 1 rings (SSSR count). The maximum Gasteiger partial charge on any atom is 0.123 e. The molecule has 56 valence electrons. The second-order valence-corrected chi connectivity index (χ2v) is 2.07. The highest BCUT2D eigenvalue weighted by molar-refractivity contribution is 5.64. The van der Waals surface area contributed by atoms with Crippen molar-refractivity contribution < 1.29 is 4.39 Å². The maximum atomic E-state index is 12.6. The van der Waals surface area contributed by atoms with E-state index in [1.165, 1.54) is 12.1 Å². The minimum atomic E-state index is -0.285. The predicted octanol–water partition coefficient (Wildman–Crippen LogP) is 2.80. The second kappa shape index (κ2) is 3.10. The van der Waals surface area contributed by atoms with Crippen molar-refractivity contribution in [2.24, 2.45) is 4.99 Å². The first-order valence-corrected chi connectivity index (χ1v) is 3.16. The molecule has 0 aromatic heterocycles. The molecule has 0 aliphatic heterocycles.